The van der Waals surface area contributed by atoms with Crippen LogP contribution in [-0.4, -0.2) is 44.9 Å². The highest BCUT2D eigenvalue weighted by Crippen LogP contribution is 2.27. The minimum Gasteiger partial charge on any atom is -0.356 e. The first-order valence-electron chi connectivity index (χ1n) is 12.3. The van der Waals surface area contributed by atoms with Crippen LogP contribution in [-0.2, 0) is 25.9 Å². The van der Waals surface area contributed by atoms with Gasteiger partial charge in [0.05, 0.1) is 5.69 Å². The van der Waals surface area contributed by atoms with Gasteiger partial charge in [-0.3, -0.25) is 9.48 Å². The van der Waals surface area contributed by atoms with Gasteiger partial charge in [-0.25, -0.2) is 0 Å². The molecule has 1 fully saturated rings. The summed E-state index contributed by atoms with van der Waals surface area (Å²) < 4.78 is 7.58. The van der Waals surface area contributed by atoms with E-state index in [4.69, 9.17) is 9.62 Å². The lowest BCUT2D eigenvalue weighted by molar-refractivity contribution is 0.0753. The zero-order valence-corrected chi connectivity index (χ0v) is 19.4. The Morgan fingerprint density at radius 3 is 2.70 bits per heavy atom. The van der Waals surface area contributed by atoms with Crippen LogP contribution >= 0.6 is 0 Å². The molecule has 1 aromatic carbocycles. The predicted octanol–water partition coefficient (Wildman–Crippen LogP) is 4.22. The molecule has 1 aliphatic heterocycles. The van der Waals surface area contributed by atoms with E-state index in [1.165, 1.54) is 18.5 Å². The Hall–Kier alpha value is -2.93. The molecule has 0 spiro atoms. The Balaban J connectivity index is 1.27. The van der Waals surface area contributed by atoms with Gasteiger partial charge in [0.1, 0.15) is 0 Å². The number of nitrogens with one attached hydrogen (secondary N) is 1. The number of hydrogen-bond donors (Lipinski definition) is 1. The van der Waals surface area contributed by atoms with Crippen LogP contribution in [0.15, 0.2) is 40.9 Å². The Bertz CT molecular complexity index is 1080. The molecule has 3 aromatic rings. The highest BCUT2D eigenvalue weighted by molar-refractivity contribution is 5.94. The minimum absolute atomic E-state index is 0.116. The molecule has 7 nitrogen and oxygen atoms in total. The van der Waals surface area contributed by atoms with E-state index in [1.54, 1.807) is 0 Å². The van der Waals surface area contributed by atoms with Gasteiger partial charge in [0.15, 0.2) is 11.5 Å². The van der Waals surface area contributed by atoms with Gasteiger partial charge >= 0.3 is 0 Å². The minimum atomic E-state index is 0.116. The van der Waals surface area contributed by atoms with Gasteiger partial charge in [0.2, 0.25) is 0 Å². The molecule has 7 heteroatoms. The number of rotatable bonds is 6. The number of benzene rings is 1. The molecule has 174 valence electrons. The number of hydrogen-bond acceptors (Lipinski definition) is 5. The number of carbonyl (C=O) groups is 1. The summed E-state index contributed by atoms with van der Waals surface area (Å²) in [6.07, 6.45) is 7.41. The van der Waals surface area contributed by atoms with Gasteiger partial charge in [-0.15, -0.1) is 0 Å². The van der Waals surface area contributed by atoms with Crippen molar-refractivity contribution in [3.05, 3.63) is 59.0 Å². The SMILES string of the molecule is CCn1nc(C(=O)N2CCCCCC2)c2c1CCC(NCc1cc(-c3ccccc3)on1)C2. The number of fused-ring (bicyclic) bond motifs is 1. The second-order valence-corrected chi connectivity index (χ2v) is 9.17. The van der Waals surface area contributed by atoms with Gasteiger partial charge in [0.25, 0.3) is 5.91 Å². The van der Waals surface area contributed by atoms with Crippen molar-refractivity contribution >= 4 is 5.91 Å². The van der Waals surface area contributed by atoms with Gasteiger partial charge < -0.3 is 14.7 Å². The first kappa shape index (κ1) is 21.9. The first-order valence-corrected chi connectivity index (χ1v) is 12.3. The van der Waals surface area contributed by atoms with Crippen LogP contribution in [0.2, 0.25) is 0 Å². The summed E-state index contributed by atoms with van der Waals surface area (Å²) in [4.78, 5) is 15.4. The number of amides is 1. The molecule has 1 saturated heterocycles. The van der Waals surface area contributed by atoms with Crippen LogP contribution in [0.4, 0.5) is 0 Å². The van der Waals surface area contributed by atoms with E-state index in [0.29, 0.717) is 18.3 Å². The van der Waals surface area contributed by atoms with Crippen molar-refractivity contribution in [1.82, 2.24) is 25.2 Å². The fraction of sp³-hybridized carbons (Fsp3) is 0.500. The van der Waals surface area contributed by atoms with Crippen LogP contribution in [0.1, 0.15) is 66.5 Å². The van der Waals surface area contributed by atoms with Crippen LogP contribution in [0, 0.1) is 0 Å². The van der Waals surface area contributed by atoms with E-state index in [2.05, 4.69) is 17.4 Å². The lowest BCUT2D eigenvalue weighted by atomic mass is 9.91. The largest absolute Gasteiger partial charge is 0.356 e. The fourth-order valence-corrected chi connectivity index (χ4v) is 5.10. The van der Waals surface area contributed by atoms with Crippen molar-refractivity contribution in [3.8, 4) is 11.3 Å². The zero-order valence-electron chi connectivity index (χ0n) is 19.4. The van der Waals surface area contributed by atoms with Crippen molar-refractivity contribution in [3.63, 3.8) is 0 Å². The quantitative estimate of drug-likeness (QED) is 0.612. The molecule has 33 heavy (non-hydrogen) atoms. The monoisotopic (exact) mass is 447 g/mol. The summed E-state index contributed by atoms with van der Waals surface area (Å²) in [7, 11) is 0. The number of aryl methyl sites for hydroxylation is 1. The van der Waals surface area contributed by atoms with E-state index in [-0.39, 0.29) is 5.91 Å². The lowest BCUT2D eigenvalue weighted by Gasteiger charge is -2.25. The van der Waals surface area contributed by atoms with E-state index in [1.807, 2.05) is 46.0 Å². The standard InChI is InChI=1S/C26H33N5O2/c1-2-31-23-13-12-20(27-18-21-17-24(33-29-21)19-10-6-5-7-11-19)16-22(23)25(28-31)26(32)30-14-8-3-4-9-15-30/h5-7,10-11,17,20,27H,2-4,8-9,12-16,18H2,1H3. The second-order valence-electron chi connectivity index (χ2n) is 9.17. The maximum atomic E-state index is 13.4. The van der Waals surface area contributed by atoms with Crippen LogP contribution in [0.3, 0.4) is 0 Å². The van der Waals surface area contributed by atoms with Crippen molar-refractivity contribution < 1.29 is 9.32 Å². The normalized spacial score (nSPS) is 18.7. The Kier molecular flexibility index (Phi) is 6.58. The molecule has 2 aliphatic rings. The summed E-state index contributed by atoms with van der Waals surface area (Å²) in [5.41, 5.74) is 4.97. The molecule has 1 unspecified atom stereocenters. The Labute approximate surface area is 195 Å². The molecule has 0 radical (unpaired) electrons. The van der Waals surface area contributed by atoms with Crippen LogP contribution < -0.4 is 5.32 Å². The van der Waals surface area contributed by atoms with E-state index >= 15 is 0 Å². The highest BCUT2D eigenvalue weighted by atomic mass is 16.5. The summed E-state index contributed by atoms with van der Waals surface area (Å²) in [5, 5.41) is 12.7. The summed E-state index contributed by atoms with van der Waals surface area (Å²) in [6.45, 7) is 5.25. The maximum Gasteiger partial charge on any atom is 0.274 e. The summed E-state index contributed by atoms with van der Waals surface area (Å²) in [5.74, 6) is 0.901. The molecular weight excluding hydrogens is 414 g/mol. The second kappa shape index (κ2) is 9.91. The smallest absolute Gasteiger partial charge is 0.274 e. The maximum absolute atomic E-state index is 13.4. The average molecular weight is 448 g/mol. The van der Waals surface area contributed by atoms with E-state index < -0.39 is 0 Å². The molecular formula is C26H33N5O2. The molecule has 2 aromatic heterocycles. The highest BCUT2D eigenvalue weighted by Gasteiger charge is 2.31. The molecule has 1 amide bonds. The van der Waals surface area contributed by atoms with Crippen LogP contribution in [0.5, 0.6) is 0 Å². The van der Waals surface area contributed by atoms with Gasteiger partial charge in [0, 0.05) is 55.1 Å². The third-order valence-electron chi connectivity index (χ3n) is 6.93. The number of likely N-dealkylation sites (tertiary alicyclic amines) is 1. The van der Waals surface area contributed by atoms with E-state index in [0.717, 1.165) is 74.3 Å². The fourth-order valence-electron chi connectivity index (χ4n) is 5.10. The van der Waals surface area contributed by atoms with Crippen molar-refractivity contribution in [2.24, 2.45) is 0 Å². The van der Waals surface area contributed by atoms with Gasteiger partial charge in [-0.05, 0) is 39.0 Å². The van der Waals surface area contributed by atoms with Crippen molar-refractivity contribution in [2.45, 2.75) is 71.0 Å². The van der Waals surface area contributed by atoms with Gasteiger partial charge in [-0.1, -0.05) is 48.3 Å². The molecule has 5 rings (SSSR count). The molecule has 0 saturated carbocycles. The average Bonchev–Trinajstić information content (AvgIpc) is 3.38. The summed E-state index contributed by atoms with van der Waals surface area (Å²) >= 11 is 0. The van der Waals surface area contributed by atoms with E-state index in [9.17, 15) is 4.79 Å². The molecule has 3 heterocycles. The van der Waals surface area contributed by atoms with Crippen molar-refractivity contribution in [2.75, 3.05) is 13.1 Å². The number of carbonyl (C=O) groups excluding carboxylic acids is 1. The topological polar surface area (TPSA) is 76.2 Å². The molecule has 0 bridgehead atoms. The third-order valence-corrected chi connectivity index (χ3v) is 6.93. The number of nitrogens with zero attached hydrogens (tertiary/aromatic N) is 4. The predicted molar refractivity (Wildman–Crippen MR) is 127 cm³/mol. The molecule has 1 N–H and O–H groups in total. The summed E-state index contributed by atoms with van der Waals surface area (Å²) in [6, 6.07) is 12.3. The third kappa shape index (κ3) is 4.74. The Morgan fingerprint density at radius 2 is 1.94 bits per heavy atom. The van der Waals surface area contributed by atoms with Gasteiger partial charge in [-0.2, -0.15) is 5.10 Å². The van der Waals surface area contributed by atoms with Crippen molar-refractivity contribution in [1.29, 1.82) is 0 Å². The first-order chi connectivity index (χ1) is 16.2. The molecule has 1 atom stereocenters. The molecule has 1 aliphatic carbocycles. The zero-order chi connectivity index (χ0) is 22.6. The Morgan fingerprint density at radius 1 is 1.15 bits per heavy atom. The lowest BCUT2D eigenvalue weighted by Crippen LogP contribution is -2.36. The van der Waals surface area contributed by atoms with Crippen LogP contribution in [0.25, 0.3) is 11.3 Å². The number of aromatic nitrogens is 3.